The van der Waals surface area contributed by atoms with Gasteiger partial charge in [0, 0.05) is 34.6 Å². The molecule has 3 aromatic carbocycles. The highest BCUT2D eigenvalue weighted by atomic mass is 14.8. The summed E-state index contributed by atoms with van der Waals surface area (Å²) in [6.07, 6.45) is 12.4. The molecule has 4 heteroatoms. The molecule has 6 aromatic rings. The van der Waals surface area contributed by atoms with Crippen molar-refractivity contribution in [1.82, 2.24) is 15.0 Å². The van der Waals surface area contributed by atoms with E-state index in [1.165, 1.54) is 16.3 Å². The molecule has 7 rings (SSSR count). The van der Waals surface area contributed by atoms with Crippen LogP contribution >= 0.6 is 0 Å². The van der Waals surface area contributed by atoms with Gasteiger partial charge in [0.25, 0.3) is 0 Å². The lowest BCUT2D eigenvalue weighted by Crippen LogP contribution is -2.23. The van der Waals surface area contributed by atoms with Crippen LogP contribution in [-0.4, -0.2) is 15.0 Å². The zero-order valence-corrected chi connectivity index (χ0v) is 21.7. The van der Waals surface area contributed by atoms with Gasteiger partial charge in [-0.1, -0.05) is 91.9 Å². The van der Waals surface area contributed by atoms with Crippen molar-refractivity contribution in [3.8, 4) is 11.3 Å². The third-order valence-electron chi connectivity index (χ3n) is 7.84. The van der Waals surface area contributed by atoms with Crippen LogP contribution in [0.15, 0.2) is 116 Å². The van der Waals surface area contributed by atoms with Gasteiger partial charge in [-0.15, -0.1) is 0 Å². The van der Waals surface area contributed by atoms with Crippen LogP contribution in [0.5, 0.6) is 0 Å². The van der Waals surface area contributed by atoms with E-state index in [9.17, 15) is 0 Å². The van der Waals surface area contributed by atoms with Crippen molar-refractivity contribution in [2.24, 2.45) is 11.7 Å². The third kappa shape index (κ3) is 4.29. The molecule has 0 fully saturated rings. The van der Waals surface area contributed by atoms with Crippen molar-refractivity contribution in [2.75, 3.05) is 0 Å². The van der Waals surface area contributed by atoms with Crippen LogP contribution in [0.3, 0.4) is 0 Å². The van der Waals surface area contributed by atoms with Crippen LogP contribution in [0.2, 0.25) is 0 Å². The molecule has 0 amide bonds. The number of hydrogen-bond donors (Lipinski definition) is 1. The molecule has 3 heterocycles. The summed E-state index contributed by atoms with van der Waals surface area (Å²) in [4.78, 5) is 14.2. The number of nitrogens with zero attached hydrogens (tertiary/aromatic N) is 3. The molecule has 1 aliphatic carbocycles. The zero-order chi connectivity index (χ0) is 26.3. The lowest BCUT2D eigenvalue weighted by Gasteiger charge is -2.23. The maximum atomic E-state index is 6.55. The minimum Gasteiger partial charge on any atom is -0.322 e. The Morgan fingerprint density at radius 1 is 0.769 bits per heavy atom. The van der Waals surface area contributed by atoms with E-state index in [0.717, 1.165) is 44.3 Å². The van der Waals surface area contributed by atoms with E-state index in [1.54, 1.807) is 0 Å². The molecule has 0 saturated heterocycles. The molecule has 0 aliphatic heterocycles. The Bertz CT molecular complexity index is 1920. The number of pyridine rings is 3. The molecule has 0 saturated carbocycles. The van der Waals surface area contributed by atoms with Crippen LogP contribution in [0.1, 0.15) is 35.7 Å². The molecule has 0 radical (unpaired) electrons. The predicted molar refractivity (Wildman–Crippen MR) is 161 cm³/mol. The van der Waals surface area contributed by atoms with Crippen molar-refractivity contribution >= 4 is 38.7 Å². The molecular formula is C35H28N4. The van der Waals surface area contributed by atoms with Crippen LogP contribution in [-0.2, 0) is 0 Å². The SMILES string of the molecule is CC(/C=C\C1C=Cc2cccnc2C1N)c1ccc2ccc(-c3ccc4ccc5cccnc5c4n3)cc2c1. The number of rotatable bonds is 4. The molecule has 2 N–H and O–H groups in total. The van der Waals surface area contributed by atoms with Gasteiger partial charge in [-0.3, -0.25) is 9.97 Å². The number of fused-ring (bicyclic) bond motifs is 5. The van der Waals surface area contributed by atoms with Crippen molar-refractivity contribution in [3.63, 3.8) is 0 Å². The highest BCUT2D eigenvalue weighted by Gasteiger charge is 2.22. The van der Waals surface area contributed by atoms with E-state index in [-0.39, 0.29) is 17.9 Å². The Morgan fingerprint density at radius 3 is 2.46 bits per heavy atom. The molecule has 0 spiro atoms. The summed E-state index contributed by atoms with van der Waals surface area (Å²) < 4.78 is 0. The molecule has 1 aliphatic rings. The highest BCUT2D eigenvalue weighted by molar-refractivity contribution is 6.03. The molecular weight excluding hydrogens is 476 g/mol. The van der Waals surface area contributed by atoms with Gasteiger partial charge in [-0.2, -0.15) is 0 Å². The molecule has 3 aromatic heterocycles. The normalized spacial score (nSPS) is 17.7. The quantitative estimate of drug-likeness (QED) is 0.195. The van der Waals surface area contributed by atoms with E-state index in [2.05, 4.69) is 114 Å². The molecule has 0 bridgehead atoms. The average Bonchev–Trinajstić information content (AvgIpc) is 3.00. The summed E-state index contributed by atoms with van der Waals surface area (Å²) in [5, 5.41) is 4.62. The van der Waals surface area contributed by atoms with Crippen LogP contribution in [0, 0.1) is 5.92 Å². The minimum atomic E-state index is -0.129. The van der Waals surface area contributed by atoms with E-state index >= 15 is 0 Å². The molecule has 3 atom stereocenters. The van der Waals surface area contributed by atoms with Crippen molar-refractivity contribution in [3.05, 3.63) is 132 Å². The number of nitrogens with two attached hydrogens (primary N) is 1. The fourth-order valence-electron chi connectivity index (χ4n) is 5.55. The predicted octanol–water partition coefficient (Wildman–Crippen LogP) is 8.00. The smallest absolute Gasteiger partial charge is 0.0972 e. The lowest BCUT2D eigenvalue weighted by atomic mass is 9.87. The van der Waals surface area contributed by atoms with Gasteiger partial charge in [0.15, 0.2) is 0 Å². The summed E-state index contributed by atoms with van der Waals surface area (Å²) in [5.74, 6) is 0.381. The van der Waals surface area contributed by atoms with Crippen molar-refractivity contribution in [1.29, 1.82) is 0 Å². The number of hydrogen-bond acceptors (Lipinski definition) is 4. The molecule has 3 unspecified atom stereocenters. The van der Waals surface area contributed by atoms with Gasteiger partial charge >= 0.3 is 0 Å². The van der Waals surface area contributed by atoms with Crippen molar-refractivity contribution < 1.29 is 0 Å². The first-order valence-corrected chi connectivity index (χ1v) is 13.4. The van der Waals surface area contributed by atoms with Gasteiger partial charge in [-0.25, -0.2) is 4.98 Å². The Labute approximate surface area is 227 Å². The van der Waals surface area contributed by atoms with Gasteiger partial charge < -0.3 is 5.73 Å². The lowest BCUT2D eigenvalue weighted by molar-refractivity contribution is 0.592. The first-order valence-electron chi connectivity index (χ1n) is 13.4. The summed E-state index contributed by atoms with van der Waals surface area (Å²) in [6.45, 7) is 2.23. The second-order valence-corrected chi connectivity index (χ2v) is 10.3. The number of allylic oxidation sites excluding steroid dienone is 1. The molecule has 39 heavy (non-hydrogen) atoms. The third-order valence-corrected chi connectivity index (χ3v) is 7.84. The summed E-state index contributed by atoms with van der Waals surface area (Å²) in [6, 6.07) is 29.7. The van der Waals surface area contributed by atoms with E-state index < -0.39 is 0 Å². The Morgan fingerprint density at radius 2 is 1.54 bits per heavy atom. The first kappa shape index (κ1) is 23.4. The minimum absolute atomic E-state index is 0.129. The fraction of sp³-hybridized carbons (Fsp3) is 0.114. The monoisotopic (exact) mass is 504 g/mol. The van der Waals surface area contributed by atoms with Gasteiger partial charge in [-0.05, 0) is 52.1 Å². The number of aromatic nitrogens is 3. The summed E-state index contributed by atoms with van der Waals surface area (Å²) in [5.41, 5.74) is 13.8. The summed E-state index contributed by atoms with van der Waals surface area (Å²) >= 11 is 0. The maximum Gasteiger partial charge on any atom is 0.0972 e. The number of benzene rings is 3. The van der Waals surface area contributed by atoms with Gasteiger partial charge in [0.1, 0.15) is 0 Å². The van der Waals surface area contributed by atoms with E-state index in [0.29, 0.717) is 0 Å². The molecule has 4 nitrogen and oxygen atoms in total. The standard InChI is InChI=1S/C35H28N4/c1-22(6-7-24-10-11-25-4-2-18-37-33(25)32(24)36)28-14-8-23-9-15-29(21-30(23)20-28)31-17-16-27-13-12-26-5-3-19-38-34(26)35(27)39-31/h2-22,24,32H,36H2,1H3/b7-6-. The Kier molecular flexibility index (Phi) is 5.75. The second-order valence-electron chi connectivity index (χ2n) is 10.3. The fourth-order valence-corrected chi connectivity index (χ4v) is 5.55. The second kappa shape index (κ2) is 9.57. The molecule has 188 valence electrons. The van der Waals surface area contributed by atoms with Crippen LogP contribution in [0.25, 0.3) is 49.9 Å². The van der Waals surface area contributed by atoms with E-state index in [1.807, 2.05) is 24.5 Å². The maximum absolute atomic E-state index is 6.55. The largest absolute Gasteiger partial charge is 0.322 e. The average molecular weight is 505 g/mol. The topological polar surface area (TPSA) is 64.7 Å². The Hall–Kier alpha value is -4.67. The van der Waals surface area contributed by atoms with Gasteiger partial charge in [0.05, 0.1) is 28.5 Å². The Balaban J connectivity index is 1.19. The first-order chi connectivity index (χ1) is 19.1. The van der Waals surface area contributed by atoms with Crippen molar-refractivity contribution in [2.45, 2.75) is 18.9 Å². The van der Waals surface area contributed by atoms with Crippen LogP contribution < -0.4 is 5.73 Å². The van der Waals surface area contributed by atoms with E-state index in [4.69, 9.17) is 10.7 Å². The summed E-state index contributed by atoms with van der Waals surface area (Å²) in [7, 11) is 0. The highest BCUT2D eigenvalue weighted by Crippen LogP contribution is 2.32. The van der Waals surface area contributed by atoms with Crippen LogP contribution in [0.4, 0.5) is 0 Å². The zero-order valence-electron chi connectivity index (χ0n) is 21.7. The van der Waals surface area contributed by atoms with Gasteiger partial charge in [0.2, 0.25) is 0 Å².